The van der Waals surface area contributed by atoms with Gasteiger partial charge >= 0.3 is 0 Å². The second kappa shape index (κ2) is 4.49. The van der Waals surface area contributed by atoms with Crippen molar-refractivity contribution in [3.63, 3.8) is 0 Å². The van der Waals surface area contributed by atoms with Gasteiger partial charge in [-0.2, -0.15) is 0 Å². The number of likely N-dealkylation sites (N-methyl/N-ethyl adjacent to an activating group) is 1. The highest BCUT2D eigenvalue weighted by Gasteiger charge is 2.26. The fraction of sp³-hybridized carbons (Fsp3) is 0.400. The van der Waals surface area contributed by atoms with E-state index in [0.717, 1.165) is 5.56 Å². The van der Waals surface area contributed by atoms with Gasteiger partial charge in [-0.3, -0.25) is 0 Å². The molecule has 0 spiro atoms. The Hall–Kier alpha value is -0.280. The molecule has 0 aliphatic rings. The van der Waals surface area contributed by atoms with Gasteiger partial charge in [0.15, 0.2) is 0 Å². The molecule has 0 saturated carbocycles. The Labute approximate surface area is 93.8 Å². The molecule has 0 radical (unpaired) electrons. The minimum absolute atomic E-state index is 0.0381. The van der Waals surface area contributed by atoms with Crippen LogP contribution >= 0.6 is 23.2 Å². The van der Waals surface area contributed by atoms with Crippen molar-refractivity contribution in [2.75, 3.05) is 13.7 Å². The lowest BCUT2D eigenvalue weighted by Gasteiger charge is -2.28. The summed E-state index contributed by atoms with van der Waals surface area (Å²) in [7, 11) is 1.77. The number of rotatable bonds is 3. The van der Waals surface area contributed by atoms with E-state index >= 15 is 0 Å². The van der Waals surface area contributed by atoms with Gasteiger partial charge in [0.2, 0.25) is 0 Å². The summed E-state index contributed by atoms with van der Waals surface area (Å²) >= 11 is 11.9. The van der Waals surface area contributed by atoms with Crippen LogP contribution in [0.15, 0.2) is 18.2 Å². The molecule has 2 N–H and O–H groups in total. The molecule has 0 amide bonds. The van der Waals surface area contributed by atoms with Crippen molar-refractivity contribution in [3.8, 4) is 0 Å². The van der Waals surface area contributed by atoms with Crippen molar-refractivity contribution >= 4 is 23.2 Å². The van der Waals surface area contributed by atoms with Crippen LogP contribution in [0.2, 0.25) is 10.0 Å². The Morgan fingerprint density at radius 2 is 2.07 bits per heavy atom. The first-order valence-corrected chi connectivity index (χ1v) is 5.04. The lowest BCUT2D eigenvalue weighted by molar-refractivity contribution is 0.183. The van der Waals surface area contributed by atoms with Gasteiger partial charge in [-0.25, -0.2) is 0 Å². The van der Waals surface area contributed by atoms with Crippen molar-refractivity contribution in [3.05, 3.63) is 33.8 Å². The normalized spacial score (nSPS) is 15.2. The van der Waals surface area contributed by atoms with E-state index in [9.17, 15) is 5.11 Å². The molecule has 14 heavy (non-hydrogen) atoms. The molecule has 1 aromatic rings. The number of aliphatic hydroxyl groups is 1. The van der Waals surface area contributed by atoms with E-state index in [1.807, 2.05) is 6.92 Å². The van der Waals surface area contributed by atoms with Crippen LogP contribution in [0.3, 0.4) is 0 Å². The lowest BCUT2D eigenvalue weighted by atomic mass is 9.93. The standard InChI is InChI=1S/C10H13Cl2NO/c1-10(6-14,13-2)8-5-7(11)3-4-9(8)12/h3-5,13-14H,6H2,1-2H3. The molecule has 1 rings (SSSR count). The molecule has 4 heteroatoms. The smallest absolute Gasteiger partial charge is 0.0653 e. The molecule has 0 heterocycles. The van der Waals surface area contributed by atoms with E-state index in [0.29, 0.717) is 10.0 Å². The fourth-order valence-electron chi connectivity index (χ4n) is 1.22. The van der Waals surface area contributed by atoms with Crippen LogP contribution in [0.4, 0.5) is 0 Å². The van der Waals surface area contributed by atoms with Crippen LogP contribution in [0.25, 0.3) is 0 Å². The minimum Gasteiger partial charge on any atom is -0.394 e. The highest BCUT2D eigenvalue weighted by atomic mass is 35.5. The van der Waals surface area contributed by atoms with Crippen molar-refractivity contribution in [2.45, 2.75) is 12.5 Å². The molecule has 0 bridgehead atoms. The van der Waals surface area contributed by atoms with Gasteiger partial charge in [-0.05, 0) is 37.7 Å². The molecule has 1 aromatic carbocycles. The first-order valence-electron chi connectivity index (χ1n) is 4.29. The summed E-state index contributed by atoms with van der Waals surface area (Å²) in [5, 5.41) is 13.5. The second-order valence-electron chi connectivity index (χ2n) is 3.36. The monoisotopic (exact) mass is 233 g/mol. The minimum atomic E-state index is -0.554. The molecule has 0 aromatic heterocycles. The highest BCUT2D eigenvalue weighted by Crippen LogP contribution is 2.29. The van der Waals surface area contributed by atoms with Gasteiger partial charge in [0.25, 0.3) is 0 Å². The maximum atomic E-state index is 9.29. The van der Waals surface area contributed by atoms with Crippen LogP contribution in [0, 0.1) is 0 Å². The largest absolute Gasteiger partial charge is 0.394 e. The highest BCUT2D eigenvalue weighted by molar-refractivity contribution is 6.33. The predicted octanol–water partition coefficient (Wildman–Crippen LogP) is 2.42. The van der Waals surface area contributed by atoms with Gasteiger partial charge in [0, 0.05) is 10.0 Å². The molecule has 0 fully saturated rings. The molecular formula is C10H13Cl2NO. The number of halogens is 2. The van der Waals surface area contributed by atoms with Crippen molar-refractivity contribution in [1.82, 2.24) is 5.32 Å². The lowest BCUT2D eigenvalue weighted by Crippen LogP contribution is -2.40. The van der Waals surface area contributed by atoms with Crippen LogP contribution in [0.5, 0.6) is 0 Å². The summed E-state index contributed by atoms with van der Waals surface area (Å²) < 4.78 is 0. The molecule has 0 aliphatic heterocycles. The first-order chi connectivity index (χ1) is 6.53. The van der Waals surface area contributed by atoms with Gasteiger partial charge in [0.05, 0.1) is 12.1 Å². The van der Waals surface area contributed by atoms with Gasteiger partial charge in [-0.1, -0.05) is 23.2 Å². The Balaban J connectivity index is 3.22. The van der Waals surface area contributed by atoms with Crippen LogP contribution in [0.1, 0.15) is 12.5 Å². The molecule has 1 unspecified atom stereocenters. The average molecular weight is 234 g/mol. The van der Waals surface area contributed by atoms with E-state index in [-0.39, 0.29) is 6.61 Å². The number of hydrogen-bond acceptors (Lipinski definition) is 2. The van der Waals surface area contributed by atoms with Crippen LogP contribution in [-0.4, -0.2) is 18.8 Å². The van der Waals surface area contributed by atoms with E-state index in [4.69, 9.17) is 23.2 Å². The Morgan fingerprint density at radius 3 is 2.57 bits per heavy atom. The number of hydrogen-bond donors (Lipinski definition) is 2. The average Bonchev–Trinajstić information content (AvgIpc) is 2.20. The molecular weight excluding hydrogens is 221 g/mol. The quantitative estimate of drug-likeness (QED) is 0.841. The molecule has 78 valence electrons. The second-order valence-corrected chi connectivity index (χ2v) is 4.21. The van der Waals surface area contributed by atoms with E-state index in [2.05, 4.69) is 5.32 Å². The van der Waals surface area contributed by atoms with E-state index in [1.54, 1.807) is 25.2 Å². The number of aliphatic hydroxyl groups excluding tert-OH is 1. The zero-order chi connectivity index (χ0) is 10.8. The van der Waals surface area contributed by atoms with Gasteiger partial charge < -0.3 is 10.4 Å². The van der Waals surface area contributed by atoms with Gasteiger partial charge in [0.1, 0.15) is 0 Å². The molecule has 0 aliphatic carbocycles. The number of benzene rings is 1. The van der Waals surface area contributed by atoms with Gasteiger partial charge in [-0.15, -0.1) is 0 Å². The van der Waals surface area contributed by atoms with Crippen LogP contribution in [-0.2, 0) is 5.54 Å². The SMILES string of the molecule is CNC(C)(CO)c1cc(Cl)ccc1Cl. The van der Waals surface area contributed by atoms with Crippen molar-refractivity contribution < 1.29 is 5.11 Å². The van der Waals surface area contributed by atoms with Crippen molar-refractivity contribution in [1.29, 1.82) is 0 Å². The predicted molar refractivity (Wildman–Crippen MR) is 60.0 cm³/mol. The van der Waals surface area contributed by atoms with Crippen LogP contribution < -0.4 is 5.32 Å². The summed E-state index contributed by atoms with van der Waals surface area (Å²) in [6.07, 6.45) is 0. The zero-order valence-electron chi connectivity index (χ0n) is 8.14. The Morgan fingerprint density at radius 1 is 1.43 bits per heavy atom. The summed E-state index contributed by atoms with van der Waals surface area (Å²) in [6, 6.07) is 5.21. The Kier molecular flexibility index (Phi) is 3.78. The van der Waals surface area contributed by atoms with E-state index in [1.165, 1.54) is 0 Å². The summed E-state index contributed by atoms with van der Waals surface area (Å²) in [4.78, 5) is 0. The number of nitrogens with one attached hydrogen (secondary N) is 1. The summed E-state index contributed by atoms with van der Waals surface area (Å²) in [5.74, 6) is 0. The first kappa shape index (κ1) is 11.8. The molecule has 0 saturated heterocycles. The summed E-state index contributed by atoms with van der Waals surface area (Å²) in [6.45, 7) is 1.83. The maximum absolute atomic E-state index is 9.29. The third-order valence-electron chi connectivity index (χ3n) is 2.39. The third-order valence-corrected chi connectivity index (χ3v) is 2.96. The Bertz CT molecular complexity index is 324. The molecule has 1 atom stereocenters. The molecule has 2 nitrogen and oxygen atoms in total. The van der Waals surface area contributed by atoms with E-state index < -0.39 is 5.54 Å². The topological polar surface area (TPSA) is 32.3 Å². The van der Waals surface area contributed by atoms with Crippen molar-refractivity contribution in [2.24, 2.45) is 0 Å². The summed E-state index contributed by atoms with van der Waals surface area (Å²) in [5.41, 5.74) is 0.249. The third kappa shape index (κ3) is 2.20. The zero-order valence-corrected chi connectivity index (χ0v) is 9.65. The maximum Gasteiger partial charge on any atom is 0.0653 e. The fourth-order valence-corrected chi connectivity index (χ4v) is 1.72.